The molecular weight excluding hydrogens is 359 g/mol. The fourth-order valence-electron chi connectivity index (χ4n) is 2.14. The van der Waals surface area contributed by atoms with Crippen LogP contribution in [0.15, 0.2) is 48.6 Å². The van der Waals surface area contributed by atoms with Crippen molar-refractivity contribution in [2.45, 2.75) is 0 Å². The van der Waals surface area contributed by atoms with Crippen LogP contribution in [0.5, 0.6) is 0 Å². The number of hydrogen-bond donors (Lipinski definition) is 1. The van der Waals surface area contributed by atoms with E-state index in [-0.39, 0.29) is 5.69 Å². The molecule has 0 saturated heterocycles. The van der Waals surface area contributed by atoms with Crippen molar-refractivity contribution >= 4 is 22.4 Å². The number of amides is 1. The van der Waals surface area contributed by atoms with Crippen molar-refractivity contribution in [3.8, 4) is 17.1 Å². The van der Waals surface area contributed by atoms with Crippen LogP contribution in [0.3, 0.4) is 0 Å². The summed E-state index contributed by atoms with van der Waals surface area (Å²) in [5.74, 6) is -0.861. The number of rotatable bonds is 4. The number of thiazole rings is 1. The summed E-state index contributed by atoms with van der Waals surface area (Å²) in [7, 11) is 0. The van der Waals surface area contributed by atoms with Gasteiger partial charge in [0.15, 0.2) is 10.8 Å². The number of hydrogen-bond acceptors (Lipinski definition) is 8. The second kappa shape index (κ2) is 6.72. The Morgan fingerprint density at radius 2 is 2.04 bits per heavy atom. The number of halogens is 1. The zero-order valence-corrected chi connectivity index (χ0v) is 13.8. The van der Waals surface area contributed by atoms with E-state index in [1.165, 1.54) is 59.3 Å². The van der Waals surface area contributed by atoms with Crippen LogP contribution in [0, 0.1) is 5.82 Å². The smallest absolute Gasteiger partial charge is 0.277 e. The molecule has 1 amide bonds. The maximum atomic E-state index is 13.3. The van der Waals surface area contributed by atoms with Crippen LogP contribution in [0.25, 0.3) is 17.1 Å². The van der Waals surface area contributed by atoms with Crippen molar-refractivity contribution in [2.75, 3.05) is 5.32 Å². The summed E-state index contributed by atoms with van der Waals surface area (Å²) >= 11 is 1.20. The molecule has 4 aromatic heterocycles. The highest BCUT2D eigenvalue weighted by Gasteiger charge is 2.17. The summed E-state index contributed by atoms with van der Waals surface area (Å²) in [5, 5.41) is 12.3. The van der Waals surface area contributed by atoms with Crippen LogP contribution >= 0.6 is 11.3 Å². The Labute approximate surface area is 149 Å². The van der Waals surface area contributed by atoms with E-state index in [9.17, 15) is 9.18 Å². The van der Waals surface area contributed by atoms with Gasteiger partial charge in [0, 0.05) is 17.6 Å². The first-order chi connectivity index (χ1) is 12.7. The Hall–Kier alpha value is -3.60. The lowest BCUT2D eigenvalue weighted by molar-refractivity contribution is 0.101. The molecule has 9 nitrogen and oxygen atoms in total. The van der Waals surface area contributed by atoms with E-state index in [1.807, 2.05) is 0 Å². The van der Waals surface area contributed by atoms with E-state index in [0.717, 1.165) is 0 Å². The summed E-state index contributed by atoms with van der Waals surface area (Å²) in [6, 6.07) is 2.52. The van der Waals surface area contributed by atoms with Crippen LogP contribution in [0.4, 0.5) is 9.52 Å². The molecule has 0 atom stereocenters. The summed E-state index contributed by atoms with van der Waals surface area (Å²) in [4.78, 5) is 28.6. The van der Waals surface area contributed by atoms with E-state index in [0.29, 0.717) is 22.2 Å². The Morgan fingerprint density at radius 3 is 2.85 bits per heavy atom. The molecule has 0 aliphatic heterocycles. The van der Waals surface area contributed by atoms with Gasteiger partial charge in [0.25, 0.3) is 5.91 Å². The van der Waals surface area contributed by atoms with E-state index in [4.69, 9.17) is 0 Å². The van der Waals surface area contributed by atoms with Crippen molar-refractivity contribution in [3.63, 3.8) is 0 Å². The minimum atomic E-state index is -0.452. The molecule has 0 aliphatic rings. The SMILES string of the molecule is O=C(Nc1nc(-c2cc(F)ccn2)cs1)c1cnnn1-c1cncnc1. The predicted octanol–water partition coefficient (Wildman–Crippen LogP) is 1.97. The topological polar surface area (TPSA) is 111 Å². The Kier molecular flexibility index (Phi) is 4.11. The standard InChI is InChI=1S/C15H9FN8OS/c16-9-1-2-19-11(3-9)12-7-26-15(21-12)22-14(25)13-6-20-23-24(13)10-4-17-8-18-5-10/h1-8H,(H,21,22,25). The van der Waals surface area contributed by atoms with Gasteiger partial charge in [0.05, 0.1) is 24.3 Å². The highest BCUT2D eigenvalue weighted by molar-refractivity contribution is 7.14. The summed E-state index contributed by atoms with van der Waals surface area (Å²) in [6.45, 7) is 0. The third kappa shape index (κ3) is 3.15. The van der Waals surface area contributed by atoms with Crippen LogP contribution in [0.1, 0.15) is 10.5 Å². The lowest BCUT2D eigenvalue weighted by atomic mass is 10.3. The van der Waals surface area contributed by atoms with Crippen molar-refractivity contribution in [1.82, 2.24) is 34.9 Å². The molecule has 4 heterocycles. The van der Waals surface area contributed by atoms with Gasteiger partial charge in [0.2, 0.25) is 0 Å². The molecule has 4 aromatic rings. The second-order valence-corrected chi connectivity index (χ2v) is 5.84. The van der Waals surface area contributed by atoms with Gasteiger partial charge < -0.3 is 0 Å². The third-order valence-electron chi connectivity index (χ3n) is 3.28. The van der Waals surface area contributed by atoms with Crippen molar-refractivity contribution in [3.05, 3.63) is 60.1 Å². The maximum Gasteiger partial charge on any atom is 0.277 e. The molecule has 0 spiro atoms. The fraction of sp³-hybridized carbons (Fsp3) is 0. The van der Waals surface area contributed by atoms with Gasteiger partial charge in [-0.05, 0) is 6.07 Å². The van der Waals surface area contributed by atoms with Gasteiger partial charge in [0.1, 0.15) is 23.5 Å². The monoisotopic (exact) mass is 368 g/mol. The van der Waals surface area contributed by atoms with E-state index in [2.05, 4.69) is 35.6 Å². The molecule has 0 saturated carbocycles. The van der Waals surface area contributed by atoms with Crippen LogP contribution < -0.4 is 5.32 Å². The second-order valence-electron chi connectivity index (χ2n) is 4.98. The number of aromatic nitrogens is 7. The quantitative estimate of drug-likeness (QED) is 0.586. The van der Waals surface area contributed by atoms with Gasteiger partial charge in [-0.15, -0.1) is 16.4 Å². The maximum absolute atomic E-state index is 13.3. The highest BCUT2D eigenvalue weighted by atomic mass is 32.1. The number of nitrogens with one attached hydrogen (secondary N) is 1. The Balaban J connectivity index is 1.56. The lowest BCUT2D eigenvalue weighted by Gasteiger charge is -2.04. The largest absolute Gasteiger partial charge is 0.296 e. The molecule has 0 radical (unpaired) electrons. The van der Waals surface area contributed by atoms with E-state index in [1.54, 1.807) is 5.38 Å². The number of anilines is 1. The molecule has 0 unspecified atom stereocenters. The molecule has 128 valence electrons. The molecule has 4 rings (SSSR count). The number of carbonyl (C=O) groups excluding carboxylic acids is 1. The normalized spacial score (nSPS) is 10.7. The zero-order chi connectivity index (χ0) is 17.9. The van der Waals surface area contributed by atoms with Gasteiger partial charge in [-0.3, -0.25) is 15.1 Å². The zero-order valence-electron chi connectivity index (χ0n) is 12.9. The number of nitrogens with zero attached hydrogens (tertiary/aromatic N) is 7. The average Bonchev–Trinajstić information content (AvgIpc) is 3.32. The molecule has 11 heteroatoms. The van der Waals surface area contributed by atoms with Crippen molar-refractivity contribution < 1.29 is 9.18 Å². The first kappa shape index (κ1) is 15.9. The van der Waals surface area contributed by atoms with Crippen molar-refractivity contribution in [1.29, 1.82) is 0 Å². The fourth-order valence-corrected chi connectivity index (χ4v) is 2.84. The van der Waals surface area contributed by atoms with E-state index >= 15 is 0 Å². The van der Waals surface area contributed by atoms with Crippen LogP contribution in [-0.4, -0.2) is 40.8 Å². The van der Waals surface area contributed by atoms with Gasteiger partial charge in [-0.1, -0.05) is 5.21 Å². The molecule has 26 heavy (non-hydrogen) atoms. The van der Waals surface area contributed by atoms with Crippen LogP contribution in [-0.2, 0) is 0 Å². The molecule has 0 aliphatic carbocycles. The van der Waals surface area contributed by atoms with Gasteiger partial charge >= 0.3 is 0 Å². The number of pyridine rings is 1. The molecule has 0 aromatic carbocycles. The van der Waals surface area contributed by atoms with Crippen molar-refractivity contribution in [2.24, 2.45) is 0 Å². The Bertz CT molecular complexity index is 1060. The number of carbonyl (C=O) groups is 1. The first-order valence-corrected chi connectivity index (χ1v) is 8.13. The molecular formula is C15H9FN8OS. The minimum absolute atomic E-state index is 0.195. The molecule has 0 bridgehead atoms. The highest BCUT2D eigenvalue weighted by Crippen LogP contribution is 2.24. The van der Waals surface area contributed by atoms with E-state index < -0.39 is 11.7 Å². The predicted molar refractivity (Wildman–Crippen MR) is 90.2 cm³/mol. The van der Waals surface area contributed by atoms with Crippen LogP contribution in [0.2, 0.25) is 0 Å². The minimum Gasteiger partial charge on any atom is -0.296 e. The summed E-state index contributed by atoms with van der Waals surface area (Å²) < 4.78 is 14.6. The summed E-state index contributed by atoms with van der Waals surface area (Å²) in [5.41, 5.74) is 1.54. The molecule has 0 fully saturated rings. The van der Waals surface area contributed by atoms with Gasteiger partial charge in [-0.2, -0.15) is 0 Å². The molecule has 1 N–H and O–H groups in total. The third-order valence-corrected chi connectivity index (χ3v) is 4.04. The lowest BCUT2D eigenvalue weighted by Crippen LogP contribution is -2.17. The summed E-state index contributed by atoms with van der Waals surface area (Å²) in [6.07, 6.45) is 7.07. The average molecular weight is 368 g/mol. The van der Waals surface area contributed by atoms with Gasteiger partial charge in [-0.25, -0.2) is 24.0 Å². The first-order valence-electron chi connectivity index (χ1n) is 7.25. The Morgan fingerprint density at radius 1 is 1.19 bits per heavy atom.